The molecule has 2 aliphatic rings. The smallest absolute Gasteiger partial charge is 0.0199 e. The van der Waals surface area contributed by atoms with Crippen molar-refractivity contribution in [1.82, 2.24) is 0 Å². The van der Waals surface area contributed by atoms with E-state index in [-0.39, 0.29) is 0 Å². The Bertz CT molecular complexity index is 543. The first-order valence-electron chi connectivity index (χ1n) is 10.7. The summed E-state index contributed by atoms with van der Waals surface area (Å²) in [4.78, 5) is 0. The lowest BCUT2D eigenvalue weighted by molar-refractivity contribution is 0.169. The van der Waals surface area contributed by atoms with Crippen LogP contribution in [-0.4, -0.2) is 0 Å². The zero-order valence-corrected chi connectivity index (χ0v) is 16.3. The van der Waals surface area contributed by atoms with E-state index in [1.54, 1.807) is 0 Å². The molecule has 25 heavy (non-hydrogen) atoms. The normalized spacial score (nSPS) is 32.0. The number of benzene rings is 1. The molecule has 0 N–H and O–H groups in total. The maximum atomic E-state index is 2.56. The second kappa shape index (κ2) is 8.88. The SMILES string of the molecule is CCCCC[C@H]1CC[C@H](C2(CC)C=CC(c3ccccc3)C=C2)CC1. The Morgan fingerprint density at radius 2 is 1.56 bits per heavy atom. The number of unbranched alkanes of at least 4 members (excludes halogenated alkanes) is 2. The summed E-state index contributed by atoms with van der Waals surface area (Å²) >= 11 is 0. The van der Waals surface area contributed by atoms with Gasteiger partial charge in [-0.05, 0) is 36.7 Å². The molecule has 136 valence electrons. The van der Waals surface area contributed by atoms with Crippen molar-refractivity contribution in [3.8, 4) is 0 Å². The third-order valence-electron chi connectivity index (χ3n) is 6.85. The van der Waals surface area contributed by atoms with Crippen molar-refractivity contribution in [3.63, 3.8) is 0 Å². The van der Waals surface area contributed by atoms with Crippen LogP contribution in [0, 0.1) is 17.3 Å². The Balaban J connectivity index is 1.59. The van der Waals surface area contributed by atoms with Gasteiger partial charge < -0.3 is 0 Å². The van der Waals surface area contributed by atoms with Gasteiger partial charge in [0.05, 0.1) is 0 Å². The fourth-order valence-corrected chi connectivity index (χ4v) is 5.05. The molecule has 0 radical (unpaired) electrons. The molecule has 0 heterocycles. The summed E-state index contributed by atoms with van der Waals surface area (Å²) in [7, 11) is 0. The van der Waals surface area contributed by atoms with Gasteiger partial charge in [0.1, 0.15) is 0 Å². The van der Waals surface area contributed by atoms with E-state index in [1.807, 2.05) is 0 Å². The molecule has 1 saturated carbocycles. The molecular formula is C25H36. The van der Waals surface area contributed by atoms with Crippen LogP contribution in [0.5, 0.6) is 0 Å². The first-order chi connectivity index (χ1) is 12.3. The second-order valence-electron chi connectivity index (χ2n) is 8.33. The highest BCUT2D eigenvalue weighted by Crippen LogP contribution is 2.48. The number of hydrogen-bond acceptors (Lipinski definition) is 0. The second-order valence-corrected chi connectivity index (χ2v) is 8.33. The highest BCUT2D eigenvalue weighted by molar-refractivity contribution is 5.34. The van der Waals surface area contributed by atoms with Crippen LogP contribution < -0.4 is 0 Å². The molecule has 0 amide bonds. The molecule has 2 aliphatic carbocycles. The predicted octanol–water partition coefficient (Wildman–Crippen LogP) is 7.68. The Morgan fingerprint density at radius 1 is 0.880 bits per heavy atom. The molecule has 0 aliphatic heterocycles. The van der Waals surface area contributed by atoms with Crippen LogP contribution in [0.15, 0.2) is 54.6 Å². The van der Waals surface area contributed by atoms with E-state index in [0.29, 0.717) is 11.3 Å². The van der Waals surface area contributed by atoms with E-state index in [2.05, 4.69) is 68.5 Å². The minimum Gasteiger partial charge on any atom is -0.0774 e. The van der Waals surface area contributed by atoms with Crippen LogP contribution in [0.3, 0.4) is 0 Å². The summed E-state index contributed by atoms with van der Waals surface area (Å²) in [5.41, 5.74) is 1.74. The Kier molecular flexibility index (Phi) is 6.57. The third kappa shape index (κ3) is 4.46. The summed E-state index contributed by atoms with van der Waals surface area (Å²) in [5.74, 6) is 2.32. The van der Waals surface area contributed by atoms with E-state index in [1.165, 1.54) is 63.4 Å². The summed E-state index contributed by atoms with van der Waals surface area (Å²) in [6, 6.07) is 10.9. The Hall–Kier alpha value is -1.30. The molecule has 1 aromatic carbocycles. The third-order valence-corrected chi connectivity index (χ3v) is 6.85. The van der Waals surface area contributed by atoms with Crippen molar-refractivity contribution in [1.29, 1.82) is 0 Å². The van der Waals surface area contributed by atoms with Crippen LogP contribution in [0.4, 0.5) is 0 Å². The molecule has 0 unspecified atom stereocenters. The average molecular weight is 337 g/mol. The Morgan fingerprint density at radius 3 is 2.16 bits per heavy atom. The van der Waals surface area contributed by atoms with Gasteiger partial charge in [0.15, 0.2) is 0 Å². The van der Waals surface area contributed by atoms with Crippen LogP contribution in [0.2, 0.25) is 0 Å². The van der Waals surface area contributed by atoms with Crippen molar-refractivity contribution in [2.75, 3.05) is 0 Å². The van der Waals surface area contributed by atoms with Gasteiger partial charge in [0.25, 0.3) is 0 Å². The minimum atomic E-state index is 0.319. The van der Waals surface area contributed by atoms with Crippen molar-refractivity contribution in [3.05, 3.63) is 60.2 Å². The van der Waals surface area contributed by atoms with Crippen molar-refractivity contribution < 1.29 is 0 Å². The van der Waals surface area contributed by atoms with Crippen molar-refractivity contribution in [2.45, 2.75) is 77.6 Å². The maximum absolute atomic E-state index is 2.56. The largest absolute Gasteiger partial charge is 0.0774 e. The van der Waals surface area contributed by atoms with Crippen molar-refractivity contribution >= 4 is 0 Å². The van der Waals surface area contributed by atoms with E-state index < -0.39 is 0 Å². The molecule has 0 saturated heterocycles. The Labute approximate surface area is 155 Å². The lowest BCUT2D eigenvalue weighted by atomic mass is 9.63. The lowest BCUT2D eigenvalue weighted by Crippen LogP contribution is -2.31. The standard InChI is InChI=1S/C25H36/c1-3-5-7-10-21-13-15-24(16-14-21)25(4-2)19-17-23(18-20-25)22-11-8-6-9-12-22/h6,8-9,11-12,17-21,23-24H,3-5,7,10,13-16H2,1-2H3/t21-,23?,24-,25?. The van der Waals surface area contributed by atoms with Crippen LogP contribution in [0.1, 0.15) is 83.1 Å². The van der Waals surface area contributed by atoms with Gasteiger partial charge in [-0.25, -0.2) is 0 Å². The monoisotopic (exact) mass is 336 g/mol. The van der Waals surface area contributed by atoms with Gasteiger partial charge in [-0.2, -0.15) is 0 Å². The number of allylic oxidation sites excluding steroid dienone is 4. The van der Waals surface area contributed by atoms with Gasteiger partial charge in [0, 0.05) is 11.3 Å². The molecule has 0 heteroatoms. The van der Waals surface area contributed by atoms with Gasteiger partial charge >= 0.3 is 0 Å². The molecule has 0 bridgehead atoms. The first-order valence-corrected chi connectivity index (χ1v) is 10.7. The van der Waals surface area contributed by atoms with Gasteiger partial charge in [-0.15, -0.1) is 0 Å². The fourth-order valence-electron chi connectivity index (χ4n) is 5.05. The molecule has 3 rings (SSSR count). The number of hydrogen-bond donors (Lipinski definition) is 0. The zero-order chi connectivity index (χ0) is 17.5. The maximum Gasteiger partial charge on any atom is 0.0199 e. The zero-order valence-electron chi connectivity index (χ0n) is 16.3. The lowest BCUT2D eigenvalue weighted by Gasteiger charge is -2.42. The van der Waals surface area contributed by atoms with Crippen molar-refractivity contribution in [2.24, 2.45) is 17.3 Å². The van der Waals surface area contributed by atoms with E-state index >= 15 is 0 Å². The molecular weight excluding hydrogens is 300 g/mol. The van der Waals surface area contributed by atoms with Gasteiger partial charge in [-0.1, -0.05) is 107 Å². The van der Waals surface area contributed by atoms with Gasteiger partial charge in [0.2, 0.25) is 0 Å². The van der Waals surface area contributed by atoms with Crippen LogP contribution in [0.25, 0.3) is 0 Å². The predicted molar refractivity (Wildman–Crippen MR) is 110 cm³/mol. The summed E-state index contributed by atoms with van der Waals surface area (Å²) in [6.07, 6.45) is 22.8. The van der Waals surface area contributed by atoms with E-state index in [0.717, 1.165) is 11.8 Å². The van der Waals surface area contributed by atoms with Crippen LogP contribution >= 0.6 is 0 Å². The van der Waals surface area contributed by atoms with Gasteiger partial charge in [-0.3, -0.25) is 0 Å². The quantitative estimate of drug-likeness (QED) is 0.354. The highest BCUT2D eigenvalue weighted by Gasteiger charge is 2.36. The molecule has 1 fully saturated rings. The molecule has 0 aromatic heterocycles. The summed E-state index contributed by atoms with van der Waals surface area (Å²) in [5, 5.41) is 0. The van der Waals surface area contributed by atoms with E-state index in [4.69, 9.17) is 0 Å². The number of rotatable bonds is 7. The summed E-state index contributed by atoms with van der Waals surface area (Å²) in [6.45, 7) is 4.69. The minimum absolute atomic E-state index is 0.319. The fraction of sp³-hybridized carbons (Fsp3) is 0.600. The summed E-state index contributed by atoms with van der Waals surface area (Å²) < 4.78 is 0. The molecule has 0 nitrogen and oxygen atoms in total. The first kappa shape index (κ1) is 18.5. The van der Waals surface area contributed by atoms with E-state index in [9.17, 15) is 0 Å². The highest BCUT2D eigenvalue weighted by atomic mass is 14.4. The molecule has 0 spiro atoms. The molecule has 1 aromatic rings. The average Bonchev–Trinajstić information content (AvgIpc) is 2.69. The topological polar surface area (TPSA) is 0 Å². The van der Waals surface area contributed by atoms with Crippen LogP contribution in [-0.2, 0) is 0 Å². The molecule has 0 atom stereocenters.